The quantitative estimate of drug-likeness (QED) is 0.0386. The first-order valence-electron chi connectivity index (χ1n) is 16.8. The zero-order chi connectivity index (χ0) is 38.3. The van der Waals surface area contributed by atoms with E-state index in [9.17, 15) is 27.9 Å². The SMILES string of the molecule is CC(O/N=C(\C(=O)N[C@@H]1C(=O)N(OS(=O)(=O)O)C1(C)C)c1csc(N)n1)(C(=O)O)C1CCc2cc(-c3cn(CCCN)[n+](CC4CNC4)c3)ccc2O1. The molecule has 1 aromatic carbocycles. The molecule has 3 aromatic rings. The molecule has 0 radical (unpaired) electrons. The van der Waals surface area contributed by atoms with Crippen LogP contribution in [-0.2, 0) is 53.4 Å². The molecule has 3 atom stereocenters. The molecule has 3 aliphatic heterocycles. The number of anilines is 1. The van der Waals surface area contributed by atoms with E-state index in [4.69, 9.17) is 25.6 Å². The lowest BCUT2D eigenvalue weighted by Crippen LogP contribution is -2.76. The van der Waals surface area contributed by atoms with Crippen LogP contribution < -0.4 is 31.5 Å². The molecule has 2 fully saturated rings. The molecule has 2 aromatic heterocycles. The summed E-state index contributed by atoms with van der Waals surface area (Å²) in [7, 11) is -5.03. The monoisotopic (exact) mass is 776 g/mol. The first-order valence-corrected chi connectivity index (χ1v) is 19.1. The molecule has 19 nitrogen and oxygen atoms in total. The third-order valence-electron chi connectivity index (χ3n) is 9.61. The predicted molar refractivity (Wildman–Crippen MR) is 189 cm³/mol. The van der Waals surface area contributed by atoms with Gasteiger partial charge in [-0.3, -0.25) is 14.1 Å². The lowest BCUT2D eigenvalue weighted by Gasteiger charge is -2.50. The molecule has 8 N–H and O–H groups in total. The van der Waals surface area contributed by atoms with Crippen LogP contribution in [0.5, 0.6) is 5.75 Å². The first-order chi connectivity index (χ1) is 25.0. The maximum absolute atomic E-state index is 13.5. The second kappa shape index (κ2) is 14.6. The molecule has 21 heteroatoms. The number of fused-ring (bicyclic) bond motifs is 1. The number of carboxylic acid groups (broad SMARTS) is 1. The van der Waals surface area contributed by atoms with Crippen molar-refractivity contribution in [1.82, 2.24) is 25.4 Å². The third kappa shape index (κ3) is 7.85. The molecule has 3 aliphatic rings. The van der Waals surface area contributed by atoms with Crippen molar-refractivity contribution in [3.63, 3.8) is 0 Å². The van der Waals surface area contributed by atoms with Gasteiger partial charge in [-0.2, -0.15) is 18.2 Å². The van der Waals surface area contributed by atoms with E-state index in [1.54, 1.807) is 6.07 Å². The van der Waals surface area contributed by atoms with Gasteiger partial charge in [0.15, 0.2) is 23.5 Å². The van der Waals surface area contributed by atoms with Crippen LogP contribution in [-0.4, -0.2) is 99.2 Å². The van der Waals surface area contributed by atoms with E-state index in [0.717, 1.165) is 60.6 Å². The Bertz CT molecular complexity index is 2050. The van der Waals surface area contributed by atoms with E-state index in [0.29, 0.717) is 29.7 Å². The first kappa shape index (κ1) is 38.1. The summed E-state index contributed by atoms with van der Waals surface area (Å²) < 4.78 is 46.4. The molecule has 2 unspecified atom stereocenters. The van der Waals surface area contributed by atoms with Crippen molar-refractivity contribution < 1.29 is 51.0 Å². The highest BCUT2D eigenvalue weighted by atomic mass is 32.3. The van der Waals surface area contributed by atoms with Crippen LogP contribution in [0.15, 0.2) is 41.1 Å². The molecule has 2 amide bonds. The van der Waals surface area contributed by atoms with Crippen LogP contribution in [0.25, 0.3) is 11.1 Å². The predicted octanol–water partition coefficient (Wildman–Crippen LogP) is -0.153. The molecule has 0 saturated carbocycles. The number of rotatable bonds is 15. The standard InChI is InChI=1S/C32H41N9O10S2/c1-31(2)26(28(43)41(31)51-53(46,47)48)37-27(42)25(22-17-52-30(34)36-22)38-50-32(3,29(44)45)24-8-6-20-11-19(5-7-23(20)49-24)21-15-39(10-4-9-33)40(16-21)14-18-12-35-13-18/h5,7,11,15-18,24,26,35H,4,6,8-10,12-14,33H2,1-3H3,(H4-,34,36,37,42,44,45,46,47,48)/p+1/b38-25-/t24?,26-,32?/m1/s1. The van der Waals surface area contributed by atoms with Crippen LogP contribution in [0.2, 0.25) is 0 Å². The highest BCUT2D eigenvalue weighted by molar-refractivity contribution is 7.80. The molecule has 6 rings (SSSR count). The Morgan fingerprint density at radius 1 is 1.30 bits per heavy atom. The number of carboxylic acids is 1. The number of nitrogens with zero attached hydrogens (tertiary/aromatic N) is 5. The van der Waals surface area contributed by atoms with Crippen molar-refractivity contribution in [3.8, 4) is 16.9 Å². The minimum absolute atomic E-state index is 0.0680. The normalized spacial score (nSPS) is 21.1. The number of aromatic nitrogens is 3. The third-order valence-corrected chi connectivity index (χ3v) is 10.6. The number of carbonyl (C=O) groups excluding carboxylic acids is 2. The molecule has 0 aliphatic carbocycles. The summed E-state index contributed by atoms with van der Waals surface area (Å²) in [6.07, 6.45) is 4.74. The molecule has 286 valence electrons. The summed E-state index contributed by atoms with van der Waals surface area (Å²) in [5, 5.41) is 21.9. The maximum atomic E-state index is 13.5. The lowest BCUT2D eigenvalue weighted by molar-refractivity contribution is -0.781. The van der Waals surface area contributed by atoms with Crippen molar-refractivity contribution in [1.29, 1.82) is 0 Å². The number of benzene rings is 1. The van der Waals surface area contributed by atoms with Crippen molar-refractivity contribution in [3.05, 3.63) is 47.2 Å². The average Bonchev–Trinajstić information content (AvgIpc) is 3.71. The zero-order valence-electron chi connectivity index (χ0n) is 29.2. The van der Waals surface area contributed by atoms with Crippen LogP contribution in [0, 0.1) is 5.92 Å². The topological polar surface area (TPSA) is 267 Å². The molecular formula is C32H42N9O10S2+. The fourth-order valence-corrected chi connectivity index (χ4v) is 7.35. The van der Waals surface area contributed by atoms with Gasteiger partial charge < -0.3 is 36.8 Å². The van der Waals surface area contributed by atoms with Gasteiger partial charge in [0, 0.05) is 24.4 Å². The smallest absolute Gasteiger partial charge is 0.418 e. The maximum Gasteiger partial charge on any atom is 0.418 e. The van der Waals surface area contributed by atoms with Crippen molar-refractivity contribution in [2.45, 2.75) is 76.4 Å². The van der Waals surface area contributed by atoms with Crippen LogP contribution >= 0.6 is 11.3 Å². The molecule has 0 bridgehead atoms. The van der Waals surface area contributed by atoms with E-state index in [1.165, 1.54) is 26.2 Å². The van der Waals surface area contributed by atoms with Crippen LogP contribution in [0.4, 0.5) is 5.13 Å². The number of oxime groups is 1. The fourth-order valence-electron chi connectivity index (χ4n) is 6.35. The number of hydrogen-bond donors (Lipinski definition) is 6. The summed E-state index contributed by atoms with van der Waals surface area (Å²) in [5.41, 5.74) is 10.4. The Hall–Kier alpha value is -4.67. The highest BCUT2D eigenvalue weighted by Crippen LogP contribution is 2.37. The Kier molecular flexibility index (Phi) is 10.5. The van der Waals surface area contributed by atoms with Crippen molar-refractivity contribution in [2.75, 3.05) is 25.4 Å². The Morgan fingerprint density at radius 3 is 2.66 bits per heavy atom. The van der Waals surface area contributed by atoms with Gasteiger partial charge in [0.05, 0.1) is 23.8 Å². The fraction of sp³-hybridized carbons (Fsp3) is 0.500. The van der Waals surface area contributed by atoms with Gasteiger partial charge in [0.25, 0.3) is 17.4 Å². The van der Waals surface area contributed by atoms with Gasteiger partial charge in [-0.15, -0.1) is 20.3 Å². The van der Waals surface area contributed by atoms with Crippen molar-refractivity contribution in [2.24, 2.45) is 16.8 Å². The van der Waals surface area contributed by atoms with E-state index in [-0.39, 0.29) is 17.2 Å². The Labute approximate surface area is 308 Å². The number of hydrogen-bond acceptors (Lipinski definition) is 14. The second-order valence-electron chi connectivity index (χ2n) is 13.8. The van der Waals surface area contributed by atoms with E-state index in [1.807, 2.05) is 12.1 Å². The van der Waals surface area contributed by atoms with Crippen molar-refractivity contribution >= 4 is 50.4 Å². The number of nitrogens with two attached hydrogens (primary N) is 2. The summed E-state index contributed by atoms with van der Waals surface area (Å²) in [6, 6.07) is 4.40. The summed E-state index contributed by atoms with van der Waals surface area (Å²) in [4.78, 5) is 48.7. The summed E-state index contributed by atoms with van der Waals surface area (Å²) in [6.45, 7) is 8.28. The number of aryl methyl sites for hydroxylation is 2. The van der Waals surface area contributed by atoms with Crippen LogP contribution in [0.3, 0.4) is 0 Å². The molecular weight excluding hydrogens is 735 g/mol. The summed E-state index contributed by atoms with van der Waals surface area (Å²) >= 11 is 0.976. The number of β-lactam (4-membered cyclic amide) rings is 1. The summed E-state index contributed by atoms with van der Waals surface area (Å²) in [5.74, 6) is -2.36. The number of ether oxygens (including phenoxy) is 1. The van der Waals surface area contributed by atoms with Gasteiger partial charge in [-0.05, 0) is 69.8 Å². The lowest BCUT2D eigenvalue weighted by atomic mass is 9.84. The largest absolute Gasteiger partial charge is 0.485 e. The van der Waals surface area contributed by atoms with Gasteiger partial charge in [-0.1, -0.05) is 11.2 Å². The minimum Gasteiger partial charge on any atom is -0.485 e. The average molecular weight is 777 g/mol. The molecule has 53 heavy (non-hydrogen) atoms. The molecule has 5 heterocycles. The molecule has 0 spiro atoms. The van der Waals surface area contributed by atoms with E-state index >= 15 is 0 Å². The Morgan fingerprint density at radius 2 is 2.06 bits per heavy atom. The minimum atomic E-state index is -5.03. The van der Waals surface area contributed by atoms with Gasteiger partial charge >= 0.3 is 16.4 Å². The van der Waals surface area contributed by atoms with Gasteiger partial charge in [0.1, 0.15) is 17.5 Å². The number of thiazole rings is 1. The number of nitrogens with one attached hydrogen (secondary N) is 2. The zero-order valence-corrected chi connectivity index (χ0v) is 30.9. The van der Waals surface area contributed by atoms with Gasteiger partial charge in [0.2, 0.25) is 6.20 Å². The van der Waals surface area contributed by atoms with Crippen LogP contribution in [0.1, 0.15) is 44.9 Å². The number of nitrogen functional groups attached to an aromatic ring is 1. The number of amides is 2. The van der Waals surface area contributed by atoms with Gasteiger partial charge in [-0.25, -0.2) is 9.78 Å². The Balaban J connectivity index is 1.20. The van der Waals surface area contributed by atoms with E-state index in [2.05, 4.69) is 46.8 Å². The number of hydroxylamine groups is 2. The van der Waals surface area contributed by atoms with E-state index < -0.39 is 57.2 Å². The molecule has 2 saturated heterocycles. The second-order valence-corrected chi connectivity index (χ2v) is 15.7. The number of carbonyl (C=O) groups is 3. The number of aliphatic carboxylic acids is 1. The highest BCUT2D eigenvalue weighted by Gasteiger charge is 2.58.